The lowest BCUT2D eigenvalue weighted by atomic mass is 10.4. The predicted octanol–water partition coefficient (Wildman–Crippen LogP) is 1.84. The van der Waals surface area contributed by atoms with Gasteiger partial charge in [-0.2, -0.15) is 5.10 Å². The summed E-state index contributed by atoms with van der Waals surface area (Å²) in [6, 6.07) is 5.78. The highest BCUT2D eigenvalue weighted by atomic mass is 32.1. The Bertz CT molecular complexity index is 506. The van der Waals surface area contributed by atoms with Crippen LogP contribution in [0, 0.1) is 6.92 Å². The number of aryl methyl sites for hydroxylation is 2. The van der Waals surface area contributed by atoms with Gasteiger partial charge < -0.3 is 15.1 Å². The molecule has 0 saturated heterocycles. The topological polar surface area (TPSA) is 55.0 Å². The Morgan fingerprint density at radius 2 is 2.32 bits per heavy atom. The maximum atomic E-state index is 5.21. The quantitative estimate of drug-likeness (QED) is 0.624. The van der Waals surface area contributed by atoms with E-state index in [0.29, 0.717) is 11.7 Å². The summed E-state index contributed by atoms with van der Waals surface area (Å²) in [4.78, 5) is 0. The van der Waals surface area contributed by atoms with Crippen LogP contribution in [0.5, 0.6) is 0 Å². The Balaban J connectivity index is 1.58. The van der Waals surface area contributed by atoms with Crippen molar-refractivity contribution in [1.29, 1.82) is 0 Å². The number of furan rings is 1. The summed E-state index contributed by atoms with van der Waals surface area (Å²) in [7, 11) is 0. The van der Waals surface area contributed by atoms with E-state index in [1.165, 1.54) is 5.69 Å². The summed E-state index contributed by atoms with van der Waals surface area (Å²) in [5, 5.41) is 11.1. The SMILES string of the molecule is Cc1ccnn1CCCNC(=S)NCc1ccco1. The van der Waals surface area contributed by atoms with Crippen molar-refractivity contribution < 1.29 is 4.42 Å². The third-order valence-corrected chi connectivity index (χ3v) is 3.05. The minimum atomic E-state index is 0.608. The van der Waals surface area contributed by atoms with E-state index in [-0.39, 0.29) is 0 Å². The van der Waals surface area contributed by atoms with Crippen molar-refractivity contribution in [2.45, 2.75) is 26.4 Å². The fourth-order valence-electron chi connectivity index (χ4n) is 1.71. The molecule has 0 amide bonds. The van der Waals surface area contributed by atoms with Gasteiger partial charge in [0.15, 0.2) is 5.11 Å². The highest BCUT2D eigenvalue weighted by Gasteiger charge is 1.99. The lowest BCUT2D eigenvalue weighted by Crippen LogP contribution is -2.35. The Morgan fingerprint density at radius 3 is 3.00 bits per heavy atom. The molecule has 0 fully saturated rings. The van der Waals surface area contributed by atoms with Crippen LogP contribution in [-0.2, 0) is 13.1 Å². The molecular formula is C13H18N4OS. The van der Waals surface area contributed by atoms with Crippen LogP contribution in [0.25, 0.3) is 0 Å². The zero-order valence-corrected chi connectivity index (χ0v) is 11.7. The number of nitrogens with one attached hydrogen (secondary N) is 2. The largest absolute Gasteiger partial charge is 0.467 e. The van der Waals surface area contributed by atoms with Gasteiger partial charge in [0.25, 0.3) is 0 Å². The van der Waals surface area contributed by atoms with Crippen LogP contribution >= 0.6 is 12.2 Å². The highest BCUT2D eigenvalue weighted by Crippen LogP contribution is 1.98. The predicted molar refractivity (Wildman–Crippen MR) is 77.7 cm³/mol. The van der Waals surface area contributed by atoms with E-state index in [4.69, 9.17) is 16.6 Å². The van der Waals surface area contributed by atoms with E-state index < -0.39 is 0 Å². The number of hydrogen-bond donors (Lipinski definition) is 2. The van der Waals surface area contributed by atoms with E-state index in [0.717, 1.165) is 25.3 Å². The molecular weight excluding hydrogens is 260 g/mol. The lowest BCUT2D eigenvalue weighted by Gasteiger charge is -2.09. The summed E-state index contributed by atoms with van der Waals surface area (Å²) in [5.74, 6) is 0.872. The molecule has 2 rings (SSSR count). The molecule has 6 heteroatoms. The van der Waals surface area contributed by atoms with E-state index in [9.17, 15) is 0 Å². The summed E-state index contributed by atoms with van der Waals surface area (Å²) < 4.78 is 7.20. The average molecular weight is 278 g/mol. The standard InChI is InChI=1S/C13H18N4OS/c1-11-5-7-16-17(11)8-3-6-14-13(19)15-10-12-4-2-9-18-12/h2,4-5,7,9H,3,6,8,10H2,1H3,(H2,14,15,19). The Morgan fingerprint density at radius 1 is 1.42 bits per heavy atom. The van der Waals surface area contributed by atoms with Crippen LogP contribution in [0.2, 0.25) is 0 Å². The van der Waals surface area contributed by atoms with Crippen molar-refractivity contribution in [1.82, 2.24) is 20.4 Å². The first-order chi connectivity index (χ1) is 9.25. The number of hydrogen-bond acceptors (Lipinski definition) is 3. The minimum absolute atomic E-state index is 0.608. The van der Waals surface area contributed by atoms with Gasteiger partial charge in [-0.15, -0.1) is 0 Å². The molecule has 2 heterocycles. The molecule has 0 aliphatic rings. The first kappa shape index (κ1) is 13.6. The van der Waals surface area contributed by atoms with E-state index >= 15 is 0 Å². The first-order valence-corrected chi connectivity index (χ1v) is 6.69. The van der Waals surface area contributed by atoms with Crippen molar-refractivity contribution in [3.05, 3.63) is 42.1 Å². The van der Waals surface area contributed by atoms with Crippen molar-refractivity contribution in [3.8, 4) is 0 Å². The van der Waals surface area contributed by atoms with Gasteiger partial charge in [-0.05, 0) is 43.8 Å². The Labute approximate surface area is 118 Å². The summed E-state index contributed by atoms with van der Waals surface area (Å²) in [5.41, 5.74) is 1.18. The van der Waals surface area contributed by atoms with Gasteiger partial charge in [0, 0.05) is 25.0 Å². The van der Waals surface area contributed by atoms with Crippen LogP contribution in [-0.4, -0.2) is 21.4 Å². The molecule has 102 valence electrons. The normalized spacial score (nSPS) is 10.4. The van der Waals surface area contributed by atoms with E-state index in [2.05, 4.69) is 22.7 Å². The van der Waals surface area contributed by atoms with Crippen LogP contribution in [0.4, 0.5) is 0 Å². The number of aromatic nitrogens is 2. The van der Waals surface area contributed by atoms with Gasteiger partial charge in [0.1, 0.15) is 5.76 Å². The zero-order chi connectivity index (χ0) is 13.5. The molecule has 19 heavy (non-hydrogen) atoms. The fourth-order valence-corrected chi connectivity index (χ4v) is 1.88. The monoisotopic (exact) mass is 278 g/mol. The molecule has 0 spiro atoms. The van der Waals surface area contributed by atoms with E-state index in [1.54, 1.807) is 6.26 Å². The second-order valence-electron chi connectivity index (χ2n) is 4.24. The average Bonchev–Trinajstić information content (AvgIpc) is 3.04. The summed E-state index contributed by atoms with van der Waals surface area (Å²) >= 11 is 5.18. The zero-order valence-electron chi connectivity index (χ0n) is 10.9. The molecule has 0 bridgehead atoms. The Kier molecular flexibility index (Phi) is 4.97. The summed E-state index contributed by atoms with van der Waals surface area (Å²) in [6.07, 6.45) is 4.45. The summed E-state index contributed by atoms with van der Waals surface area (Å²) in [6.45, 7) is 4.38. The molecule has 2 aromatic heterocycles. The molecule has 0 unspecified atom stereocenters. The molecule has 0 aliphatic heterocycles. The van der Waals surface area contributed by atoms with Gasteiger partial charge in [0.05, 0.1) is 12.8 Å². The van der Waals surface area contributed by atoms with Crippen LogP contribution in [0.3, 0.4) is 0 Å². The third-order valence-electron chi connectivity index (χ3n) is 2.76. The maximum absolute atomic E-state index is 5.21. The molecule has 0 atom stereocenters. The molecule has 2 aromatic rings. The number of thiocarbonyl (C=S) groups is 1. The molecule has 5 nitrogen and oxygen atoms in total. The maximum Gasteiger partial charge on any atom is 0.166 e. The van der Waals surface area contributed by atoms with Gasteiger partial charge in [-0.3, -0.25) is 4.68 Å². The van der Waals surface area contributed by atoms with Crippen molar-refractivity contribution in [3.63, 3.8) is 0 Å². The number of rotatable bonds is 6. The lowest BCUT2D eigenvalue weighted by molar-refractivity contribution is 0.501. The fraction of sp³-hybridized carbons (Fsp3) is 0.385. The van der Waals surface area contributed by atoms with Crippen LogP contribution in [0.1, 0.15) is 17.9 Å². The van der Waals surface area contributed by atoms with Crippen molar-refractivity contribution >= 4 is 17.3 Å². The van der Waals surface area contributed by atoms with Crippen LogP contribution < -0.4 is 10.6 Å². The van der Waals surface area contributed by atoms with Gasteiger partial charge in [0.2, 0.25) is 0 Å². The van der Waals surface area contributed by atoms with Crippen molar-refractivity contribution in [2.75, 3.05) is 6.54 Å². The molecule has 0 aliphatic carbocycles. The molecule has 0 radical (unpaired) electrons. The third kappa shape index (κ3) is 4.40. The Hall–Kier alpha value is -1.82. The number of nitrogens with zero attached hydrogens (tertiary/aromatic N) is 2. The van der Waals surface area contributed by atoms with Gasteiger partial charge in [-0.1, -0.05) is 0 Å². The highest BCUT2D eigenvalue weighted by molar-refractivity contribution is 7.80. The molecule has 2 N–H and O–H groups in total. The van der Waals surface area contributed by atoms with Gasteiger partial charge in [-0.25, -0.2) is 0 Å². The first-order valence-electron chi connectivity index (χ1n) is 6.28. The second-order valence-corrected chi connectivity index (χ2v) is 4.65. The van der Waals surface area contributed by atoms with Crippen LogP contribution in [0.15, 0.2) is 35.1 Å². The minimum Gasteiger partial charge on any atom is -0.467 e. The molecule has 0 aromatic carbocycles. The second kappa shape index (κ2) is 6.94. The van der Waals surface area contributed by atoms with Gasteiger partial charge >= 0.3 is 0 Å². The van der Waals surface area contributed by atoms with Crippen molar-refractivity contribution in [2.24, 2.45) is 0 Å². The van der Waals surface area contributed by atoms with E-state index in [1.807, 2.05) is 29.1 Å². The smallest absolute Gasteiger partial charge is 0.166 e. The molecule has 0 saturated carbocycles.